The Morgan fingerprint density at radius 3 is 0.545 bits per heavy atom. The summed E-state index contributed by atoms with van der Waals surface area (Å²) in [7, 11) is -8.24. The van der Waals surface area contributed by atoms with E-state index in [0.717, 1.165) is 0 Å². The van der Waals surface area contributed by atoms with Crippen LogP contribution in [0.25, 0.3) is 0 Å². The molecule has 0 fully saturated rings. The van der Waals surface area contributed by atoms with Crippen LogP contribution in [0.3, 0.4) is 0 Å². The maximum atomic E-state index is 9.73. The van der Waals surface area contributed by atoms with Crippen LogP contribution in [0.15, 0.2) is 0 Å². The third-order valence-corrected chi connectivity index (χ3v) is 0. The van der Waals surface area contributed by atoms with Crippen molar-refractivity contribution < 1.29 is 89.6 Å². The maximum absolute atomic E-state index is 9.73. The number of hydrogen-bond acceptors (Lipinski definition) is 0. The first kappa shape index (κ1) is 29.2. The fourth-order valence-electron chi connectivity index (χ4n) is 0. The van der Waals surface area contributed by atoms with Gasteiger partial charge in [-0.25, -0.2) is 0 Å². The normalized spacial score (nSPS) is 6.55. The Morgan fingerprint density at radius 2 is 0.545 bits per heavy atom. The molecule has 0 saturated carbocycles. The van der Waals surface area contributed by atoms with E-state index < -0.39 is 17.7 Å². The second-order valence-electron chi connectivity index (χ2n) is 0.383. The van der Waals surface area contributed by atoms with E-state index in [2.05, 4.69) is 0 Å². The smallest absolute Gasteiger partial charge is 1.00 e. The third-order valence-electron chi connectivity index (χ3n) is 0. The van der Waals surface area contributed by atoms with Gasteiger partial charge >= 0.3 is 34.2 Å². The van der Waals surface area contributed by atoms with Crippen molar-refractivity contribution in [2.24, 2.45) is 0 Å². The largest absolute Gasteiger partial charge is 2.00 e. The number of hydrogen-bond donors (Lipinski definition) is 0. The zero-order valence-corrected chi connectivity index (χ0v) is 11.3. The van der Waals surface area contributed by atoms with E-state index >= 15 is 0 Å². The maximum Gasteiger partial charge on any atom is 2.00 e. The molecule has 0 saturated heterocycles. The van der Waals surface area contributed by atoms with Crippen LogP contribution >= 0.6 is 17.7 Å². The molecule has 11 heavy (non-hydrogen) atoms. The third kappa shape index (κ3) is 234. The van der Waals surface area contributed by atoms with Crippen LogP contribution in [0.5, 0.6) is 0 Å². The van der Waals surface area contributed by atoms with E-state index in [1.807, 2.05) is 0 Å². The van der Waals surface area contributed by atoms with Gasteiger partial charge < -0.3 is 48.0 Å². The van der Waals surface area contributed by atoms with Crippen LogP contribution in [0, 0.1) is 0 Å². The van der Waals surface area contributed by atoms with Gasteiger partial charge in [0.05, 0.1) is 0 Å². The molecule has 0 unspecified atom stereocenters. The molecule has 0 spiro atoms. The van der Waals surface area contributed by atoms with Gasteiger partial charge in [-0.2, -0.15) is 25.2 Å². The second kappa shape index (κ2) is 22.8. The second-order valence-corrected chi connectivity index (χ2v) is 1.15. The monoisotopic (exact) mass is 488 g/mol. The van der Waals surface area contributed by atoms with Crippen LogP contribution in [0.1, 0.15) is 0 Å². The van der Waals surface area contributed by atoms with E-state index in [4.69, 9.17) is 0 Å². The molecular formula is F6I2NiP2. The van der Waals surface area contributed by atoms with Crippen molar-refractivity contribution in [3.05, 3.63) is 0 Å². The Labute approximate surface area is 106 Å². The van der Waals surface area contributed by atoms with Gasteiger partial charge in [0.1, 0.15) is 0 Å². The summed E-state index contributed by atoms with van der Waals surface area (Å²) in [5.74, 6) is 0. The van der Waals surface area contributed by atoms with Crippen molar-refractivity contribution in [2.45, 2.75) is 0 Å². The first-order valence-electron chi connectivity index (χ1n) is 1.01. The fourth-order valence-corrected chi connectivity index (χ4v) is 0. The van der Waals surface area contributed by atoms with Gasteiger partial charge in [0.2, 0.25) is 0 Å². The molecule has 0 aromatic heterocycles. The Kier molecular flexibility index (Phi) is 60.6. The molecule has 76 valence electrons. The summed E-state index contributed by atoms with van der Waals surface area (Å²) in [5.41, 5.74) is 0. The van der Waals surface area contributed by atoms with Gasteiger partial charge in [-0.15, -0.1) is 0 Å². The summed E-state index contributed by atoms with van der Waals surface area (Å²) in [4.78, 5) is 0. The molecule has 0 aromatic carbocycles. The first-order chi connectivity index (χ1) is 3.46. The molecule has 0 aliphatic carbocycles. The summed E-state index contributed by atoms with van der Waals surface area (Å²) in [6.07, 6.45) is 0. The molecule has 0 aliphatic rings. The van der Waals surface area contributed by atoms with E-state index in [0.29, 0.717) is 0 Å². The molecule has 0 aliphatic heterocycles. The molecule has 0 N–H and O–H groups in total. The van der Waals surface area contributed by atoms with E-state index in [1.165, 1.54) is 0 Å². The van der Waals surface area contributed by atoms with Crippen LogP contribution in [0.2, 0.25) is 0 Å². The summed E-state index contributed by atoms with van der Waals surface area (Å²) < 4.78 is 58.4. The van der Waals surface area contributed by atoms with Crippen LogP contribution < -0.4 is 48.0 Å². The Morgan fingerprint density at radius 1 is 0.545 bits per heavy atom. The predicted octanol–water partition coefficient (Wildman–Crippen LogP) is -1.75. The molecule has 0 atom stereocenters. The van der Waals surface area contributed by atoms with Crippen LogP contribution in [0.4, 0.5) is 25.2 Å². The van der Waals surface area contributed by atoms with E-state index in [-0.39, 0.29) is 64.4 Å². The molecule has 0 amide bonds. The van der Waals surface area contributed by atoms with Crippen molar-refractivity contribution in [2.75, 3.05) is 0 Å². The van der Waals surface area contributed by atoms with Crippen molar-refractivity contribution in [1.29, 1.82) is 0 Å². The standard InChI is InChI=1S/2F3P.2HI.Ni/c2*1-4(2)3;;;/h;;2*1H;/q;;;;+2/p-2. The fraction of sp³-hybridized carbons (Fsp3) is 0. The van der Waals surface area contributed by atoms with E-state index in [9.17, 15) is 25.2 Å². The number of rotatable bonds is 0. The molecular weight excluding hydrogens is 488 g/mol. The quantitative estimate of drug-likeness (QED) is 0.164. The predicted molar refractivity (Wildman–Crippen MR) is 20.5 cm³/mol. The minimum Gasteiger partial charge on any atom is -1.00 e. The minimum atomic E-state index is -4.12. The summed E-state index contributed by atoms with van der Waals surface area (Å²) in [6.45, 7) is 0. The molecule has 0 bridgehead atoms. The van der Waals surface area contributed by atoms with Crippen molar-refractivity contribution in [3.8, 4) is 0 Å². The minimum absolute atomic E-state index is 0. The van der Waals surface area contributed by atoms with Crippen LogP contribution in [-0.2, 0) is 16.5 Å². The molecule has 0 nitrogen and oxygen atoms in total. The van der Waals surface area contributed by atoms with Gasteiger partial charge in [-0.05, 0) is 0 Å². The zero-order valence-electron chi connectivity index (χ0n) is 4.23. The summed E-state index contributed by atoms with van der Waals surface area (Å²) in [6, 6.07) is 0. The Hall–Kier alpha value is 2.39. The average molecular weight is 488 g/mol. The molecule has 0 aromatic rings. The SMILES string of the molecule is FP(F)F.FP(F)F.[I-].[I-].[Ni+2]. The molecule has 0 heterocycles. The van der Waals surface area contributed by atoms with Crippen molar-refractivity contribution in [3.63, 3.8) is 0 Å². The van der Waals surface area contributed by atoms with Crippen molar-refractivity contribution >= 4 is 17.7 Å². The number of halogens is 8. The zero-order chi connectivity index (χ0) is 7.15. The molecule has 0 rings (SSSR count). The van der Waals surface area contributed by atoms with Gasteiger partial charge in [-0.3, -0.25) is 0 Å². The Bertz CT molecular complexity index is 34.1. The molecule has 11 heteroatoms. The summed E-state index contributed by atoms with van der Waals surface area (Å²) in [5, 5.41) is 0. The van der Waals surface area contributed by atoms with Gasteiger partial charge in [0.25, 0.3) is 0 Å². The average Bonchev–Trinajstić information content (AvgIpc) is 1.25. The van der Waals surface area contributed by atoms with Gasteiger partial charge in [0.15, 0.2) is 0 Å². The summed E-state index contributed by atoms with van der Waals surface area (Å²) >= 11 is 0. The first-order valence-corrected chi connectivity index (χ1v) is 3.04. The van der Waals surface area contributed by atoms with E-state index in [1.54, 1.807) is 0 Å². The molecule has 0 radical (unpaired) electrons. The topological polar surface area (TPSA) is 0 Å². The Balaban J connectivity index is -0.0000000171. The van der Waals surface area contributed by atoms with Crippen molar-refractivity contribution in [1.82, 2.24) is 0 Å². The van der Waals surface area contributed by atoms with Crippen LogP contribution in [-0.4, -0.2) is 0 Å². The van der Waals surface area contributed by atoms with Gasteiger partial charge in [0, 0.05) is 0 Å². The van der Waals surface area contributed by atoms with Gasteiger partial charge in [-0.1, -0.05) is 0 Å².